The van der Waals surface area contributed by atoms with Crippen LogP contribution in [0.25, 0.3) is 0 Å². The van der Waals surface area contributed by atoms with Crippen LogP contribution in [0, 0.1) is 0 Å². The van der Waals surface area contributed by atoms with Gasteiger partial charge in [0.05, 0.1) is 12.2 Å². The standard InChI is InChI=1S/C11H18N2O5/c14-7-2-1-3-12(5-7)11(18)13-6-8(15)4-9(13)10(16)17/h7-9,14-15H,1-6H2,(H,16,17)/t7?,8-,9-/m1/s1. The van der Waals surface area contributed by atoms with E-state index in [1.807, 2.05) is 0 Å². The van der Waals surface area contributed by atoms with E-state index >= 15 is 0 Å². The lowest BCUT2D eigenvalue weighted by Gasteiger charge is -2.34. The third kappa shape index (κ3) is 2.56. The Labute approximate surface area is 105 Å². The molecule has 0 aromatic carbocycles. The van der Waals surface area contributed by atoms with Crippen LogP contribution in [0.3, 0.4) is 0 Å². The van der Waals surface area contributed by atoms with Gasteiger partial charge in [0.15, 0.2) is 0 Å². The minimum absolute atomic E-state index is 0.0440. The fraction of sp³-hybridized carbons (Fsp3) is 0.818. The van der Waals surface area contributed by atoms with Crippen molar-refractivity contribution < 1.29 is 24.9 Å². The largest absolute Gasteiger partial charge is 0.480 e. The van der Waals surface area contributed by atoms with E-state index < -0.39 is 30.3 Å². The first-order valence-electron chi connectivity index (χ1n) is 6.13. The summed E-state index contributed by atoms with van der Waals surface area (Å²) in [6, 6.07) is -1.37. The van der Waals surface area contributed by atoms with Gasteiger partial charge in [-0.25, -0.2) is 9.59 Å². The topological polar surface area (TPSA) is 101 Å². The zero-order chi connectivity index (χ0) is 13.3. The molecule has 3 atom stereocenters. The third-order valence-electron chi connectivity index (χ3n) is 3.48. The molecule has 2 amide bonds. The zero-order valence-electron chi connectivity index (χ0n) is 10.0. The van der Waals surface area contributed by atoms with Gasteiger partial charge < -0.3 is 25.1 Å². The average molecular weight is 258 g/mol. The number of aliphatic carboxylic acids is 1. The van der Waals surface area contributed by atoms with Crippen molar-refractivity contribution in [2.75, 3.05) is 19.6 Å². The van der Waals surface area contributed by atoms with Gasteiger partial charge >= 0.3 is 12.0 Å². The van der Waals surface area contributed by atoms with Crippen LogP contribution < -0.4 is 0 Å². The van der Waals surface area contributed by atoms with E-state index in [1.54, 1.807) is 0 Å². The van der Waals surface area contributed by atoms with Gasteiger partial charge in [-0.2, -0.15) is 0 Å². The van der Waals surface area contributed by atoms with E-state index in [2.05, 4.69) is 0 Å². The predicted molar refractivity (Wildman–Crippen MR) is 61.0 cm³/mol. The van der Waals surface area contributed by atoms with Crippen molar-refractivity contribution in [3.05, 3.63) is 0 Å². The molecule has 2 heterocycles. The molecule has 18 heavy (non-hydrogen) atoms. The van der Waals surface area contributed by atoms with Gasteiger partial charge in [0.1, 0.15) is 6.04 Å². The number of likely N-dealkylation sites (tertiary alicyclic amines) is 2. The van der Waals surface area contributed by atoms with E-state index in [4.69, 9.17) is 5.11 Å². The molecule has 7 heteroatoms. The van der Waals surface area contributed by atoms with E-state index in [0.717, 1.165) is 0 Å². The molecule has 2 saturated heterocycles. The molecule has 0 radical (unpaired) electrons. The van der Waals surface area contributed by atoms with Gasteiger partial charge in [0.2, 0.25) is 0 Å². The van der Waals surface area contributed by atoms with Gasteiger partial charge in [-0.05, 0) is 12.8 Å². The fourth-order valence-electron chi connectivity index (χ4n) is 2.57. The number of carboxylic acids is 1. The van der Waals surface area contributed by atoms with Gasteiger partial charge in [-0.3, -0.25) is 0 Å². The second-order valence-corrected chi connectivity index (χ2v) is 4.92. The zero-order valence-corrected chi connectivity index (χ0v) is 10.0. The quantitative estimate of drug-likeness (QED) is 0.565. The molecule has 0 bridgehead atoms. The summed E-state index contributed by atoms with van der Waals surface area (Å²) < 4.78 is 0. The number of rotatable bonds is 1. The van der Waals surface area contributed by atoms with Gasteiger partial charge in [0, 0.05) is 26.1 Å². The maximum atomic E-state index is 12.2. The molecule has 2 rings (SSSR count). The van der Waals surface area contributed by atoms with Gasteiger partial charge in [-0.15, -0.1) is 0 Å². The first-order valence-corrected chi connectivity index (χ1v) is 6.13. The number of urea groups is 1. The smallest absolute Gasteiger partial charge is 0.326 e. The average Bonchev–Trinajstić information content (AvgIpc) is 2.70. The number of β-amino-alcohol motifs (C(OH)–C–C–N with tert-alkyl or cyclic N) is 2. The van der Waals surface area contributed by atoms with Crippen LogP contribution in [0.2, 0.25) is 0 Å². The second kappa shape index (κ2) is 5.11. The first kappa shape index (κ1) is 13.1. The van der Waals surface area contributed by atoms with Gasteiger partial charge in [0.25, 0.3) is 0 Å². The lowest BCUT2D eigenvalue weighted by molar-refractivity contribution is -0.141. The van der Waals surface area contributed by atoms with Crippen molar-refractivity contribution in [2.45, 2.75) is 37.5 Å². The minimum Gasteiger partial charge on any atom is -0.480 e. The van der Waals surface area contributed by atoms with Crippen molar-refractivity contribution in [2.24, 2.45) is 0 Å². The highest BCUT2D eigenvalue weighted by atomic mass is 16.4. The Hall–Kier alpha value is -1.34. The summed E-state index contributed by atoms with van der Waals surface area (Å²) in [5.74, 6) is -1.10. The Balaban J connectivity index is 2.05. The van der Waals surface area contributed by atoms with Crippen LogP contribution >= 0.6 is 0 Å². The highest BCUT2D eigenvalue weighted by Gasteiger charge is 2.41. The number of amides is 2. The van der Waals surface area contributed by atoms with Crippen LogP contribution in [0.15, 0.2) is 0 Å². The summed E-state index contributed by atoms with van der Waals surface area (Å²) >= 11 is 0. The van der Waals surface area contributed by atoms with Crippen LogP contribution in [0.4, 0.5) is 4.79 Å². The van der Waals surface area contributed by atoms with Gasteiger partial charge in [-0.1, -0.05) is 0 Å². The van der Waals surface area contributed by atoms with Crippen LogP contribution in [0.5, 0.6) is 0 Å². The highest BCUT2D eigenvalue weighted by Crippen LogP contribution is 2.21. The molecule has 0 spiro atoms. The number of nitrogens with zero attached hydrogens (tertiary/aromatic N) is 2. The molecular weight excluding hydrogens is 240 g/mol. The molecule has 2 aliphatic heterocycles. The number of carbonyl (C=O) groups excluding carboxylic acids is 1. The van der Waals surface area contributed by atoms with Crippen LogP contribution in [-0.2, 0) is 4.79 Å². The van der Waals surface area contributed by atoms with E-state index in [1.165, 1.54) is 9.80 Å². The number of aliphatic hydroxyl groups is 2. The summed E-state index contributed by atoms with van der Waals surface area (Å²) in [6.45, 7) is 0.801. The normalized spacial score (nSPS) is 32.7. The molecule has 2 fully saturated rings. The molecule has 0 aromatic heterocycles. The van der Waals surface area contributed by atoms with Crippen molar-refractivity contribution >= 4 is 12.0 Å². The molecule has 2 aliphatic rings. The maximum Gasteiger partial charge on any atom is 0.326 e. The minimum atomic E-state index is -1.10. The number of hydrogen-bond acceptors (Lipinski definition) is 4. The maximum absolute atomic E-state index is 12.2. The Bertz CT molecular complexity index is 348. The van der Waals surface area contributed by atoms with E-state index in [9.17, 15) is 19.8 Å². The van der Waals surface area contributed by atoms with Crippen molar-refractivity contribution in [3.8, 4) is 0 Å². The molecule has 1 unspecified atom stereocenters. The Morgan fingerprint density at radius 3 is 2.44 bits per heavy atom. The third-order valence-corrected chi connectivity index (χ3v) is 3.48. The summed E-state index contributed by atoms with van der Waals surface area (Å²) in [5.41, 5.74) is 0. The number of piperidine rings is 1. The number of aliphatic hydroxyl groups excluding tert-OH is 2. The summed E-state index contributed by atoms with van der Waals surface area (Å²) in [5, 5.41) is 28.0. The molecular formula is C11H18N2O5. The molecule has 0 aromatic rings. The van der Waals surface area contributed by atoms with Crippen LogP contribution in [-0.4, -0.2) is 75.0 Å². The van der Waals surface area contributed by atoms with E-state index in [0.29, 0.717) is 19.4 Å². The molecule has 0 aliphatic carbocycles. The first-order chi connectivity index (χ1) is 8.49. The molecule has 7 nitrogen and oxygen atoms in total. The lowest BCUT2D eigenvalue weighted by Crippen LogP contribution is -2.52. The number of carboxylic acid groups (broad SMARTS) is 1. The van der Waals surface area contributed by atoms with Crippen LogP contribution in [0.1, 0.15) is 19.3 Å². The monoisotopic (exact) mass is 258 g/mol. The lowest BCUT2D eigenvalue weighted by atomic mass is 10.1. The fourth-order valence-corrected chi connectivity index (χ4v) is 2.57. The molecule has 3 N–H and O–H groups in total. The molecule has 102 valence electrons. The molecule has 0 saturated carbocycles. The van der Waals surface area contributed by atoms with Crippen molar-refractivity contribution in [1.82, 2.24) is 9.80 Å². The Kier molecular flexibility index (Phi) is 3.72. The second-order valence-electron chi connectivity index (χ2n) is 4.92. The number of carbonyl (C=O) groups is 2. The summed E-state index contributed by atoms with van der Waals surface area (Å²) in [4.78, 5) is 25.9. The Morgan fingerprint density at radius 1 is 1.11 bits per heavy atom. The summed E-state index contributed by atoms with van der Waals surface area (Å²) in [7, 11) is 0. The van der Waals surface area contributed by atoms with Crippen molar-refractivity contribution in [3.63, 3.8) is 0 Å². The van der Waals surface area contributed by atoms with E-state index in [-0.39, 0.29) is 19.5 Å². The SMILES string of the molecule is O=C(O)[C@H]1C[C@@H](O)CN1C(=O)N1CCCC(O)C1. The predicted octanol–water partition coefficient (Wildman–Crippen LogP) is -0.917. The number of hydrogen-bond donors (Lipinski definition) is 3. The Morgan fingerprint density at radius 2 is 1.83 bits per heavy atom. The van der Waals surface area contributed by atoms with Crippen molar-refractivity contribution in [1.29, 1.82) is 0 Å². The summed E-state index contributed by atoms with van der Waals surface area (Å²) in [6.07, 6.45) is 0.107. The highest BCUT2D eigenvalue weighted by molar-refractivity contribution is 5.83.